The second kappa shape index (κ2) is 5.49. The summed E-state index contributed by atoms with van der Waals surface area (Å²) in [5.74, 6) is 1.08. The number of rotatable bonds is 3. The van der Waals surface area contributed by atoms with Crippen LogP contribution in [0, 0.1) is 0 Å². The van der Waals surface area contributed by atoms with Crippen molar-refractivity contribution in [1.29, 1.82) is 0 Å². The van der Waals surface area contributed by atoms with Gasteiger partial charge in [0.15, 0.2) is 0 Å². The van der Waals surface area contributed by atoms with E-state index in [9.17, 15) is 0 Å². The maximum atomic E-state index is 6.09. The zero-order chi connectivity index (χ0) is 13.9. The van der Waals surface area contributed by atoms with Gasteiger partial charge in [-0.3, -0.25) is 0 Å². The zero-order valence-electron chi connectivity index (χ0n) is 10.7. The van der Waals surface area contributed by atoms with Crippen molar-refractivity contribution in [2.45, 2.75) is 6.54 Å². The van der Waals surface area contributed by atoms with Gasteiger partial charge in [0.25, 0.3) is 0 Å². The van der Waals surface area contributed by atoms with Gasteiger partial charge in [0, 0.05) is 18.0 Å². The summed E-state index contributed by atoms with van der Waals surface area (Å²) in [4.78, 5) is 4.48. The fourth-order valence-electron chi connectivity index (χ4n) is 2.08. The number of para-hydroxylation sites is 2. The van der Waals surface area contributed by atoms with E-state index in [-0.39, 0.29) is 0 Å². The van der Waals surface area contributed by atoms with E-state index in [4.69, 9.17) is 22.1 Å². The van der Waals surface area contributed by atoms with E-state index < -0.39 is 0 Å². The first-order valence-corrected chi connectivity index (χ1v) is 6.67. The second-order valence-corrected chi connectivity index (χ2v) is 4.78. The van der Waals surface area contributed by atoms with Crippen LogP contribution in [-0.4, -0.2) is 4.98 Å². The van der Waals surface area contributed by atoms with Crippen molar-refractivity contribution in [3.63, 3.8) is 0 Å². The maximum Gasteiger partial charge on any atom is 0.220 e. The Labute approximate surface area is 122 Å². The molecule has 3 rings (SSSR count). The van der Waals surface area contributed by atoms with Gasteiger partial charge >= 0.3 is 0 Å². The molecule has 0 spiro atoms. The van der Waals surface area contributed by atoms with Crippen LogP contribution >= 0.6 is 11.6 Å². The number of ether oxygens (including phenoxy) is 1. The Morgan fingerprint density at radius 3 is 2.60 bits per heavy atom. The number of aromatic nitrogens is 1. The van der Waals surface area contributed by atoms with Gasteiger partial charge in [0.1, 0.15) is 5.75 Å². The van der Waals surface area contributed by atoms with Crippen LogP contribution < -0.4 is 10.5 Å². The third kappa shape index (κ3) is 2.46. The first kappa shape index (κ1) is 12.9. The highest BCUT2D eigenvalue weighted by molar-refractivity contribution is 6.32. The number of halogens is 1. The minimum atomic E-state index is 0.432. The summed E-state index contributed by atoms with van der Waals surface area (Å²) in [7, 11) is 0. The van der Waals surface area contributed by atoms with Crippen LogP contribution in [0.4, 0.5) is 0 Å². The number of benzene rings is 2. The van der Waals surface area contributed by atoms with Gasteiger partial charge in [-0.15, -0.1) is 0 Å². The molecule has 3 aromatic rings. The topological polar surface area (TPSA) is 48.1 Å². The Morgan fingerprint density at radius 1 is 1.05 bits per heavy atom. The molecule has 3 nitrogen and oxygen atoms in total. The van der Waals surface area contributed by atoms with E-state index in [1.54, 1.807) is 12.1 Å². The number of nitrogens with zero attached hydrogens (tertiary/aromatic N) is 1. The van der Waals surface area contributed by atoms with E-state index >= 15 is 0 Å². The van der Waals surface area contributed by atoms with Crippen molar-refractivity contribution >= 4 is 22.5 Å². The van der Waals surface area contributed by atoms with Gasteiger partial charge in [0.2, 0.25) is 5.88 Å². The molecule has 0 aliphatic carbocycles. The Kier molecular flexibility index (Phi) is 3.54. The van der Waals surface area contributed by atoms with Crippen LogP contribution in [-0.2, 0) is 6.54 Å². The monoisotopic (exact) mass is 284 g/mol. The standard InChI is InChI=1S/C16H13ClN2O/c17-13-6-2-4-8-15(13)20-16-9-11(10-18)12-5-1-3-7-14(12)19-16/h1-9H,10,18H2. The number of hydrogen-bond acceptors (Lipinski definition) is 3. The molecular weight excluding hydrogens is 272 g/mol. The minimum absolute atomic E-state index is 0.432. The highest BCUT2D eigenvalue weighted by atomic mass is 35.5. The molecule has 0 aliphatic rings. The van der Waals surface area contributed by atoms with Crippen molar-refractivity contribution in [2.24, 2.45) is 5.73 Å². The van der Waals surface area contributed by atoms with Crippen LogP contribution in [0.15, 0.2) is 54.6 Å². The first-order valence-electron chi connectivity index (χ1n) is 6.29. The third-order valence-electron chi connectivity index (χ3n) is 3.05. The molecule has 0 atom stereocenters. The average Bonchev–Trinajstić information content (AvgIpc) is 2.49. The fourth-order valence-corrected chi connectivity index (χ4v) is 2.26. The summed E-state index contributed by atoms with van der Waals surface area (Å²) in [5.41, 5.74) is 7.66. The number of fused-ring (bicyclic) bond motifs is 1. The molecule has 0 bridgehead atoms. The molecule has 0 fully saturated rings. The van der Waals surface area contributed by atoms with Gasteiger partial charge in [-0.25, -0.2) is 4.98 Å². The predicted molar refractivity (Wildman–Crippen MR) is 81.2 cm³/mol. The lowest BCUT2D eigenvalue weighted by atomic mass is 10.1. The van der Waals surface area contributed by atoms with Crippen molar-refractivity contribution in [3.8, 4) is 11.6 Å². The lowest BCUT2D eigenvalue weighted by Gasteiger charge is -2.10. The van der Waals surface area contributed by atoms with Crippen molar-refractivity contribution in [2.75, 3.05) is 0 Å². The molecule has 2 N–H and O–H groups in total. The van der Waals surface area contributed by atoms with Gasteiger partial charge in [-0.05, 0) is 23.8 Å². The summed E-state index contributed by atoms with van der Waals surface area (Å²) in [6, 6.07) is 17.0. The molecular formula is C16H13ClN2O. The molecule has 0 saturated carbocycles. The van der Waals surface area contributed by atoms with Gasteiger partial charge in [-0.1, -0.05) is 41.9 Å². The number of hydrogen-bond donors (Lipinski definition) is 1. The molecule has 0 radical (unpaired) electrons. The van der Waals surface area contributed by atoms with Crippen LogP contribution in [0.5, 0.6) is 11.6 Å². The van der Waals surface area contributed by atoms with Crippen molar-refractivity contribution in [1.82, 2.24) is 4.98 Å². The Balaban J connectivity index is 2.06. The SMILES string of the molecule is NCc1cc(Oc2ccccc2Cl)nc2ccccc12. The number of nitrogens with two attached hydrogens (primary N) is 1. The molecule has 4 heteroatoms. The molecule has 0 amide bonds. The number of pyridine rings is 1. The average molecular weight is 285 g/mol. The molecule has 1 aromatic heterocycles. The lowest BCUT2D eigenvalue weighted by molar-refractivity contribution is 0.464. The van der Waals surface area contributed by atoms with E-state index in [1.165, 1.54) is 0 Å². The fraction of sp³-hybridized carbons (Fsp3) is 0.0625. The highest BCUT2D eigenvalue weighted by Crippen LogP contribution is 2.30. The largest absolute Gasteiger partial charge is 0.437 e. The normalized spacial score (nSPS) is 10.7. The highest BCUT2D eigenvalue weighted by Gasteiger charge is 2.07. The molecule has 1 heterocycles. The molecule has 0 unspecified atom stereocenters. The first-order chi connectivity index (χ1) is 9.78. The lowest BCUT2D eigenvalue weighted by Crippen LogP contribution is -2.00. The quantitative estimate of drug-likeness (QED) is 0.786. The molecule has 100 valence electrons. The van der Waals surface area contributed by atoms with E-state index in [2.05, 4.69) is 4.98 Å². The van der Waals surface area contributed by atoms with E-state index in [0.717, 1.165) is 16.5 Å². The Hall–Kier alpha value is -2.10. The molecule has 20 heavy (non-hydrogen) atoms. The minimum Gasteiger partial charge on any atom is -0.437 e. The Morgan fingerprint density at radius 2 is 1.80 bits per heavy atom. The molecule has 0 aliphatic heterocycles. The summed E-state index contributed by atoms with van der Waals surface area (Å²) in [6.07, 6.45) is 0. The summed E-state index contributed by atoms with van der Waals surface area (Å²) in [5, 5.41) is 1.60. The van der Waals surface area contributed by atoms with Crippen LogP contribution in [0.2, 0.25) is 5.02 Å². The maximum absolute atomic E-state index is 6.09. The van der Waals surface area contributed by atoms with Crippen LogP contribution in [0.1, 0.15) is 5.56 Å². The second-order valence-electron chi connectivity index (χ2n) is 4.37. The third-order valence-corrected chi connectivity index (χ3v) is 3.36. The summed E-state index contributed by atoms with van der Waals surface area (Å²) in [6.45, 7) is 0.432. The molecule has 0 saturated heterocycles. The smallest absolute Gasteiger partial charge is 0.220 e. The Bertz CT molecular complexity index is 758. The van der Waals surface area contributed by atoms with Crippen LogP contribution in [0.25, 0.3) is 10.9 Å². The van der Waals surface area contributed by atoms with E-state index in [0.29, 0.717) is 23.2 Å². The van der Waals surface area contributed by atoms with Crippen molar-refractivity contribution in [3.05, 3.63) is 65.2 Å². The van der Waals surface area contributed by atoms with Crippen molar-refractivity contribution < 1.29 is 4.74 Å². The zero-order valence-corrected chi connectivity index (χ0v) is 11.5. The summed E-state index contributed by atoms with van der Waals surface area (Å²) >= 11 is 6.09. The van der Waals surface area contributed by atoms with E-state index in [1.807, 2.05) is 42.5 Å². The van der Waals surface area contributed by atoms with Gasteiger partial charge < -0.3 is 10.5 Å². The van der Waals surface area contributed by atoms with Gasteiger partial charge in [0.05, 0.1) is 10.5 Å². The van der Waals surface area contributed by atoms with Gasteiger partial charge in [-0.2, -0.15) is 0 Å². The molecule has 2 aromatic carbocycles. The predicted octanol–water partition coefficient (Wildman–Crippen LogP) is 4.14. The summed E-state index contributed by atoms with van der Waals surface area (Å²) < 4.78 is 5.76. The van der Waals surface area contributed by atoms with Crippen LogP contribution in [0.3, 0.4) is 0 Å².